The van der Waals surface area contributed by atoms with E-state index in [4.69, 9.17) is 17.3 Å². The number of rotatable bonds is 5. The number of hydrogen-bond acceptors (Lipinski definition) is 4. The highest BCUT2D eigenvalue weighted by molar-refractivity contribution is 7.90. The van der Waals surface area contributed by atoms with Gasteiger partial charge in [-0.1, -0.05) is 11.6 Å². The number of nitrogens with zero attached hydrogens (tertiary/aromatic N) is 2. The molecule has 16 heavy (non-hydrogen) atoms. The van der Waals surface area contributed by atoms with Crippen LogP contribution >= 0.6 is 11.6 Å². The van der Waals surface area contributed by atoms with Crippen LogP contribution < -0.4 is 5.73 Å². The molecule has 0 amide bonds. The summed E-state index contributed by atoms with van der Waals surface area (Å²) in [5.74, 6) is 0.0275. The van der Waals surface area contributed by atoms with Gasteiger partial charge in [-0.15, -0.1) is 0 Å². The second kappa shape index (κ2) is 5.16. The van der Waals surface area contributed by atoms with E-state index in [2.05, 4.69) is 5.10 Å². The molecule has 0 aliphatic heterocycles. The standard InChI is InChI=1S/C9H16ClN3O2S/c1-7-8(9(10)13(2)12-7)6-16(14,15)5-3-4-11/h3-6,11H2,1-2H3. The van der Waals surface area contributed by atoms with Crippen LogP contribution in [0.25, 0.3) is 0 Å². The summed E-state index contributed by atoms with van der Waals surface area (Å²) in [5, 5.41) is 4.45. The number of aromatic nitrogens is 2. The minimum atomic E-state index is -3.15. The quantitative estimate of drug-likeness (QED) is 0.848. The van der Waals surface area contributed by atoms with Crippen molar-refractivity contribution in [3.8, 4) is 0 Å². The molecule has 1 aromatic heterocycles. The topological polar surface area (TPSA) is 78.0 Å². The lowest BCUT2D eigenvalue weighted by Gasteiger charge is -2.03. The zero-order valence-corrected chi connectivity index (χ0v) is 11.0. The van der Waals surface area contributed by atoms with Crippen molar-refractivity contribution in [2.24, 2.45) is 12.8 Å². The molecule has 5 nitrogen and oxygen atoms in total. The van der Waals surface area contributed by atoms with Crippen molar-refractivity contribution < 1.29 is 8.42 Å². The van der Waals surface area contributed by atoms with E-state index < -0.39 is 9.84 Å². The molecular formula is C9H16ClN3O2S. The first-order valence-corrected chi connectivity index (χ1v) is 7.16. The van der Waals surface area contributed by atoms with Crippen LogP contribution in [-0.4, -0.2) is 30.5 Å². The Labute approximate surface area is 100 Å². The Balaban J connectivity index is 2.88. The molecule has 0 aliphatic rings. The number of hydrogen-bond donors (Lipinski definition) is 1. The van der Waals surface area contributed by atoms with Gasteiger partial charge in [-0.2, -0.15) is 5.10 Å². The third kappa shape index (κ3) is 3.20. The molecule has 1 aromatic rings. The van der Waals surface area contributed by atoms with Gasteiger partial charge in [-0.3, -0.25) is 4.68 Å². The van der Waals surface area contributed by atoms with Gasteiger partial charge in [-0.25, -0.2) is 8.42 Å². The molecule has 92 valence electrons. The Morgan fingerprint density at radius 3 is 2.56 bits per heavy atom. The number of aryl methyl sites for hydroxylation is 2. The molecule has 0 atom stereocenters. The van der Waals surface area contributed by atoms with E-state index in [0.29, 0.717) is 29.4 Å². The Morgan fingerprint density at radius 2 is 2.12 bits per heavy atom. The molecule has 0 bridgehead atoms. The van der Waals surface area contributed by atoms with Gasteiger partial charge in [0.2, 0.25) is 0 Å². The van der Waals surface area contributed by atoms with Gasteiger partial charge < -0.3 is 5.73 Å². The lowest BCUT2D eigenvalue weighted by Crippen LogP contribution is -2.13. The molecule has 0 spiro atoms. The van der Waals surface area contributed by atoms with Gasteiger partial charge in [-0.05, 0) is 19.9 Å². The van der Waals surface area contributed by atoms with Crippen molar-refractivity contribution in [3.05, 3.63) is 16.4 Å². The minimum absolute atomic E-state index is 0.0640. The molecule has 0 unspecified atom stereocenters. The smallest absolute Gasteiger partial charge is 0.154 e. The van der Waals surface area contributed by atoms with Crippen LogP contribution in [0.3, 0.4) is 0 Å². The highest BCUT2D eigenvalue weighted by Gasteiger charge is 2.18. The lowest BCUT2D eigenvalue weighted by atomic mass is 10.3. The third-order valence-corrected chi connectivity index (χ3v) is 4.41. The molecule has 0 saturated carbocycles. The summed E-state index contributed by atoms with van der Waals surface area (Å²) in [4.78, 5) is 0. The highest BCUT2D eigenvalue weighted by Crippen LogP contribution is 2.21. The molecular weight excluding hydrogens is 250 g/mol. The first-order chi connectivity index (χ1) is 7.37. The van der Waals surface area contributed by atoms with Gasteiger partial charge in [0.1, 0.15) is 5.15 Å². The molecule has 1 rings (SSSR count). The monoisotopic (exact) mass is 265 g/mol. The van der Waals surface area contributed by atoms with E-state index in [9.17, 15) is 8.42 Å². The molecule has 2 N–H and O–H groups in total. The molecule has 0 fully saturated rings. The summed E-state index contributed by atoms with van der Waals surface area (Å²) < 4.78 is 24.9. The second-order valence-corrected chi connectivity index (χ2v) is 6.25. The summed E-state index contributed by atoms with van der Waals surface area (Å²) in [6, 6.07) is 0. The first kappa shape index (κ1) is 13.5. The maximum Gasteiger partial charge on any atom is 0.154 e. The average Bonchev–Trinajstić information content (AvgIpc) is 2.42. The number of nitrogens with two attached hydrogens (primary N) is 1. The highest BCUT2D eigenvalue weighted by atomic mass is 35.5. The summed E-state index contributed by atoms with van der Waals surface area (Å²) in [6.07, 6.45) is 0.471. The fourth-order valence-corrected chi connectivity index (χ4v) is 3.29. The fraction of sp³-hybridized carbons (Fsp3) is 0.667. The SMILES string of the molecule is Cc1nn(C)c(Cl)c1CS(=O)(=O)CCCN. The van der Waals surface area contributed by atoms with Crippen molar-refractivity contribution in [1.82, 2.24) is 9.78 Å². The van der Waals surface area contributed by atoms with E-state index in [1.54, 1.807) is 14.0 Å². The lowest BCUT2D eigenvalue weighted by molar-refractivity contribution is 0.592. The van der Waals surface area contributed by atoms with Crippen LogP contribution in [0.5, 0.6) is 0 Å². The van der Waals surface area contributed by atoms with Gasteiger partial charge in [0, 0.05) is 12.6 Å². The largest absolute Gasteiger partial charge is 0.330 e. The average molecular weight is 266 g/mol. The van der Waals surface area contributed by atoms with Crippen molar-refractivity contribution in [2.75, 3.05) is 12.3 Å². The molecule has 0 aromatic carbocycles. The van der Waals surface area contributed by atoms with Crippen molar-refractivity contribution >= 4 is 21.4 Å². The summed E-state index contributed by atoms with van der Waals surface area (Å²) in [5.41, 5.74) is 6.53. The van der Waals surface area contributed by atoms with Gasteiger partial charge >= 0.3 is 0 Å². The molecule has 0 saturated heterocycles. The van der Waals surface area contributed by atoms with Crippen molar-refractivity contribution in [3.63, 3.8) is 0 Å². The Kier molecular flexibility index (Phi) is 4.35. The zero-order chi connectivity index (χ0) is 12.3. The van der Waals surface area contributed by atoms with Crippen molar-refractivity contribution in [1.29, 1.82) is 0 Å². The predicted molar refractivity (Wildman–Crippen MR) is 64.1 cm³/mol. The maximum absolute atomic E-state index is 11.7. The summed E-state index contributed by atoms with van der Waals surface area (Å²) >= 11 is 5.97. The van der Waals surface area contributed by atoms with Crippen LogP contribution in [0.1, 0.15) is 17.7 Å². The van der Waals surface area contributed by atoms with E-state index in [1.807, 2.05) is 0 Å². The van der Waals surface area contributed by atoms with Crippen LogP contribution in [0.15, 0.2) is 0 Å². The van der Waals surface area contributed by atoms with Gasteiger partial charge in [0.05, 0.1) is 17.2 Å². The van der Waals surface area contributed by atoms with Crippen molar-refractivity contribution in [2.45, 2.75) is 19.1 Å². The predicted octanol–water partition coefficient (Wildman–Crippen LogP) is 0.646. The normalized spacial score (nSPS) is 12.0. The van der Waals surface area contributed by atoms with Crippen LogP contribution in [0.2, 0.25) is 5.15 Å². The van der Waals surface area contributed by atoms with Gasteiger partial charge in [0.25, 0.3) is 0 Å². The fourth-order valence-electron chi connectivity index (χ4n) is 1.43. The third-order valence-electron chi connectivity index (χ3n) is 2.29. The van der Waals surface area contributed by atoms with E-state index in [1.165, 1.54) is 4.68 Å². The molecule has 0 radical (unpaired) electrons. The van der Waals surface area contributed by atoms with Crippen LogP contribution in [0.4, 0.5) is 0 Å². The van der Waals surface area contributed by atoms with E-state index in [0.717, 1.165) is 0 Å². The number of halogens is 1. The minimum Gasteiger partial charge on any atom is -0.330 e. The van der Waals surface area contributed by atoms with Crippen LogP contribution in [-0.2, 0) is 22.6 Å². The Bertz CT molecular complexity index is 467. The summed E-state index contributed by atoms with van der Waals surface area (Å²) in [7, 11) is -1.46. The molecule has 1 heterocycles. The van der Waals surface area contributed by atoms with Gasteiger partial charge in [0.15, 0.2) is 9.84 Å². The Hall–Kier alpha value is -0.590. The zero-order valence-electron chi connectivity index (χ0n) is 9.40. The maximum atomic E-state index is 11.7. The van der Waals surface area contributed by atoms with E-state index >= 15 is 0 Å². The molecule has 7 heteroatoms. The molecule has 0 aliphatic carbocycles. The van der Waals surface area contributed by atoms with E-state index in [-0.39, 0.29) is 11.5 Å². The summed E-state index contributed by atoms with van der Waals surface area (Å²) in [6.45, 7) is 2.12. The second-order valence-electron chi connectivity index (χ2n) is 3.71. The van der Waals surface area contributed by atoms with Crippen LogP contribution in [0, 0.1) is 6.92 Å². The Morgan fingerprint density at radius 1 is 1.50 bits per heavy atom. The number of sulfone groups is 1. The first-order valence-electron chi connectivity index (χ1n) is 4.96.